The molecule has 2 N–H and O–H groups in total. The highest BCUT2D eigenvalue weighted by Crippen LogP contribution is 2.28. The minimum atomic E-state index is -0.379. The van der Waals surface area contributed by atoms with E-state index in [1.165, 1.54) is 0 Å². The van der Waals surface area contributed by atoms with Crippen LogP contribution in [0.25, 0.3) is 0 Å². The van der Waals surface area contributed by atoms with Crippen molar-refractivity contribution in [1.29, 1.82) is 0 Å². The average Bonchev–Trinajstić information content (AvgIpc) is 2.70. The molecule has 0 aliphatic carbocycles. The number of hydrogen-bond donors (Lipinski definition) is 2. The average molecular weight is 302 g/mol. The van der Waals surface area contributed by atoms with E-state index in [0.717, 1.165) is 24.3 Å². The van der Waals surface area contributed by atoms with Crippen LogP contribution in [0.5, 0.6) is 0 Å². The monoisotopic (exact) mass is 302 g/mol. The summed E-state index contributed by atoms with van der Waals surface area (Å²) in [5, 5.41) is 27.1. The fourth-order valence-electron chi connectivity index (χ4n) is 1.85. The van der Waals surface area contributed by atoms with E-state index >= 15 is 0 Å². The molecule has 1 rings (SSSR count). The first-order chi connectivity index (χ1) is 9.61. The van der Waals surface area contributed by atoms with Crippen LogP contribution in [0, 0.1) is 17.0 Å². The van der Waals surface area contributed by atoms with Crippen LogP contribution in [0.1, 0.15) is 25.5 Å². The van der Waals surface area contributed by atoms with Crippen LogP contribution < -0.4 is 5.32 Å². The van der Waals surface area contributed by atoms with Crippen molar-refractivity contribution >= 4 is 23.3 Å². The van der Waals surface area contributed by atoms with E-state index in [1.54, 1.807) is 23.4 Å². The Balaban J connectivity index is 2.63. The van der Waals surface area contributed by atoms with E-state index < -0.39 is 0 Å². The van der Waals surface area contributed by atoms with Gasteiger partial charge in [0.05, 0.1) is 4.92 Å². The van der Waals surface area contributed by atoms with Gasteiger partial charge in [-0.05, 0) is 25.5 Å². The van der Waals surface area contributed by atoms with Gasteiger partial charge in [-0.2, -0.15) is 16.9 Å². The Kier molecular flexibility index (Phi) is 7.38. The van der Waals surface area contributed by atoms with Gasteiger partial charge in [0.25, 0.3) is 0 Å². The predicted molar refractivity (Wildman–Crippen MR) is 81.4 cm³/mol. The minimum absolute atomic E-state index is 0.0683. The summed E-state index contributed by atoms with van der Waals surface area (Å²) in [5.74, 6) is 2.23. The van der Waals surface area contributed by atoms with E-state index in [1.807, 2.05) is 6.92 Å². The van der Waals surface area contributed by atoms with Crippen LogP contribution in [0.4, 0.5) is 11.5 Å². The predicted octanol–water partition coefficient (Wildman–Crippen LogP) is 2.04. The number of aliphatic hydroxyl groups excluding tert-OH is 1. The van der Waals surface area contributed by atoms with Gasteiger partial charge in [0, 0.05) is 25.4 Å². The second kappa shape index (κ2) is 8.80. The molecule has 0 saturated heterocycles. The molecule has 0 fully saturated rings. The van der Waals surface area contributed by atoms with Gasteiger partial charge in [0.1, 0.15) is 5.69 Å². The molecular formula is C12H22N4O3S. The number of aryl methyl sites for hydroxylation is 2. The van der Waals surface area contributed by atoms with Crippen LogP contribution >= 0.6 is 11.8 Å². The third-order valence-electron chi connectivity index (χ3n) is 2.70. The maximum absolute atomic E-state index is 11.1. The summed E-state index contributed by atoms with van der Waals surface area (Å²) in [6, 6.07) is 0. The third-order valence-corrected chi connectivity index (χ3v) is 3.77. The van der Waals surface area contributed by atoms with Crippen LogP contribution in [-0.4, -0.2) is 44.5 Å². The van der Waals surface area contributed by atoms with Crippen molar-refractivity contribution in [2.75, 3.05) is 30.0 Å². The number of thioether (sulfide) groups is 1. The Morgan fingerprint density at radius 3 is 2.85 bits per heavy atom. The van der Waals surface area contributed by atoms with Gasteiger partial charge in [-0.1, -0.05) is 6.92 Å². The molecule has 114 valence electrons. The maximum Gasteiger partial charge on any atom is 0.333 e. The smallest absolute Gasteiger partial charge is 0.333 e. The number of rotatable bonds is 10. The van der Waals surface area contributed by atoms with Crippen molar-refractivity contribution in [3.05, 3.63) is 15.8 Å². The molecule has 20 heavy (non-hydrogen) atoms. The number of anilines is 1. The van der Waals surface area contributed by atoms with Crippen molar-refractivity contribution in [2.45, 2.75) is 33.2 Å². The number of nitro groups is 1. The van der Waals surface area contributed by atoms with Gasteiger partial charge in [0.2, 0.25) is 5.82 Å². The standard InChI is InChI=1S/C12H22N4O3S/c1-3-6-15-12(11(16(18)19)10(2)14-15)13-5-9-20-8-4-7-17/h13,17H,3-9H2,1-2H3. The van der Waals surface area contributed by atoms with E-state index in [-0.39, 0.29) is 17.2 Å². The molecule has 1 heterocycles. The SMILES string of the molecule is CCCn1nc(C)c([N+](=O)[O-])c1NCCSCCCO. The molecule has 0 atom stereocenters. The Bertz CT molecular complexity index is 437. The van der Waals surface area contributed by atoms with E-state index in [4.69, 9.17) is 5.11 Å². The first-order valence-corrected chi connectivity index (χ1v) is 7.91. The highest BCUT2D eigenvalue weighted by Gasteiger charge is 2.24. The van der Waals surface area contributed by atoms with Crippen molar-refractivity contribution in [2.24, 2.45) is 0 Å². The van der Waals surface area contributed by atoms with Crippen molar-refractivity contribution in [3.63, 3.8) is 0 Å². The summed E-state index contributed by atoms with van der Waals surface area (Å²) >= 11 is 1.72. The van der Waals surface area contributed by atoms with E-state index in [0.29, 0.717) is 24.6 Å². The molecule has 7 nitrogen and oxygen atoms in total. The number of aliphatic hydroxyl groups is 1. The fourth-order valence-corrected chi connectivity index (χ4v) is 2.63. The van der Waals surface area contributed by atoms with Gasteiger partial charge in [-0.25, -0.2) is 4.68 Å². The Hall–Kier alpha value is -1.28. The van der Waals surface area contributed by atoms with Gasteiger partial charge in [0.15, 0.2) is 0 Å². The zero-order chi connectivity index (χ0) is 15.0. The van der Waals surface area contributed by atoms with Crippen LogP contribution in [0.2, 0.25) is 0 Å². The summed E-state index contributed by atoms with van der Waals surface area (Å²) in [6.45, 7) is 5.18. The summed E-state index contributed by atoms with van der Waals surface area (Å²) in [7, 11) is 0. The van der Waals surface area contributed by atoms with Crippen molar-refractivity contribution in [1.82, 2.24) is 9.78 Å². The third kappa shape index (κ3) is 4.68. The highest BCUT2D eigenvalue weighted by atomic mass is 32.2. The summed E-state index contributed by atoms with van der Waals surface area (Å²) in [6.07, 6.45) is 1.65. The molecular weight excluding hydrogens is 280 g/mol. The topological polar surface area (TPSA) is 93.2 Å². The summed E-state index contributed by atoms with van der Waals surface area (Å²) in [4.78, 5) is 10.7. The van der Waals surface area contributed by atoms with Gasteiger partial charge in [-0.15, -0.1) is 0 Å². The largest absolute Gasteiger partial charge is 0.396 e. The highest BCUT2D eigenvalue weighted by molar-refractivity contribution is 7.99. The second-order valence-electron chi connectivity index (χ2n) is 4.38. The lowest BCUT2D eigenvalue weighted by molar-refractivity contribution is -0.384. The lowest BCUT2D eigenvalue weighted by Gasteiger charge is -2.08. The molecule has 0 aliphatic heterocycles. The number of hydrogen-bond acceptors (Lipinski definition) is 6. The molecule has 0 spiro atoms. The lowest BCUT2D eigenvalue weighted by Crippen LogP contribution is -2.12. The van der Waals surface area contributed by atoms with Crippen molar-refractivity contribution in [3.8, 4) is 0 Å². The molecule has 0 bridgehead atoms. The zero-order valence-corrected chi connectivity index (χ0v) is 12.8. The van der Waals surface area contributed by atoms with Gasteiger partial charge in [-0.3, -0.25) is 10.1 Å². The fraction of sp³-hybridized carbons (Fsp3) is 0.750. The molecule has 0 amide bonds. The second-order valence-corrected chi connectivity index (χ2v) is 5.60. The molecule has 0 radical (unpaired) electrons. The first kappa shape index (κ1) is 16.8. The molecule has 1 aromatic heterocycles. The lowest BCUT2D eigenvalue weighted by atomic mass is 10.4. The van der Waals surface area contributed by atoms with Gasteiger partial charge >= 0.3 is 5.69 Å². The molecule has 8 heteroatoms. The zero-order valence-electron chi connectivity index (χ0n) is 12.0. The summed E-state index contributed by atoms with van der Waals surface area (Å²) in [5.41, 5.74) is 0.512. The molecule has 0 aliphatic rings. The molecule has 0 saturated carbocycles. The molecule has 1 aromatic rings. The quantitative estimate of drug-likeness (QED) is 0.390. The van der Waals surface area contributed by atoms with Crippen LogP contribution in [-0.2, 0) is 6.54 Å². The molecule has 0 unspecified atom stereocenters. The number of nitrogens with zero attached hydrogens (tertiary/aromatic N) is 3. The first-order valence-electron chi connectivity index (χ1n) is 6.76. The minimum Gasteiger partial charge on any atom is -0.396 e. The van der Waals surface area contributed by atoms with E-state index in [2.05, 4.69) is 10.4 Å². The molecule has 0 aromatic carbocycles. The normalized spacial score (nSPS) is 10.8. The van der Waals surface area contributed by atoms with E-state index in [9.17, 15) is 10.1 Å². The Morgan fingerprint density at radius 2 is 2.25 bits per heavy atom. The Morgan fingerprint density at radius 1 is 1.50 bits per heavy atom. The maximum atomic E-state index is 11.1. The van der Waals surface area contributed by atoms with Crippen LogP contribution in [0.15, 0.2) is 0 Å². The van der Waals surface area contributed by atoms with Crippen molar-refractivity contribution < 1.29 is 10.0 Å². The van der Waals surface area contributed by atoms with Crippen LogP contribution in [0.3, 0.4) is 0 Å². The number of aromatic nitrogens is 2. The van der Waals surface area contributed by atoms with Gasteiger partial charge < -0.3 is 10.4 Å². The number of nitrogens with one attached hydrogen (secondary N) is 1. The summed E-state index contributed by atoms with van der Waals surface area (Å²) < 4.78 is 1.67. The Labute approximate surface area is 122 Å².